The first-order chi connectivity index (χ1) is 9.74. The van der Waals surface area contributed by atoms with Crippen LogP contribution < -0.4 is 11.1 Å². The van der Waals surface area contributed by atoms with Crippen LogP contribution in [0.2, 0.25) is 0 Å². The number of anilines is 1. The molecule has 0 aromatic heterocycles. The van der Waals surface area contributed by atoms with E-state index in [1.165, 1.54) is 32.1 Å². The summed E-state index contributed by atoms with van der Waals surface area (Å²) in [6.45, 7) is 0.826. The average molecular weight is 274 g/mol. The minimum absolute atomic E-state index is 0.152. The third-order valence-electron chi connectivity index (χ3n) is 4.18. The van der Waals surface area contributed by atoms with Gasteiger partial charge in [0.2, 0.25) is 5.91 Å². The Morgan fingerprint density at radius 3 is 2.85 bits per heavy atom. The molecule has 2 rings (SSSR count). The molecule has 3 N–H and O–H groups in total. The summed E-state index contributed by atoms with van der Waals surface area (Å²) >= 11 is 0. The number of nitrogens with two attached hydrogens (primary N) is 1. The van der Waals surface area contributed by atoms with E-state index in [-0.39, 0.29) is 5.91 Å². The van der Waals surface area contributed by atoms with E-state index in [4.69, 9.17) is 5.73 Å². The Hall–Kier alpha value is -1.51. The summed E-state index contributed by atoms with van der Waals surface area (Å²) in [5, 5.41) is 3.02. The van der Waals surface area contributed by atoms with Gasteiger partial charge in [0.25, 0.3) is 0 Å². The van der Waals surface area contributed by atoms with E-state index in [1.54, 1.807) is 0 Å². The first-order valence-electron chi connectivity index (χ1n) is 7.85. The Kier molecular flexibility index (Phi) is 5.90. The summed E-state index contributed by atoms with van der Waals surface area (Å²) in [4.78, 5) is 11.8. The Morgan fingerprint density at radius 1 is 1.30 bits per heavy atom. The molecular weight excluding hydrogens is 248 g/mol. The highest BCUT2D eigenvalue weighted by Gasteiger charge is 2.14. The Labute approximate surface area is 121 Å². The molecule has 0 radical (unpaired) electrons. The van der Waals surface area contributed by atoms with Crippen LogP contribution in [0.25, 0.3) is 0 Å². The van der Waals surface area contributed by atoms with E-state index in [9.17, 15) is 4.79 Å². The van der Waals surface area contributed by atoms with E-state index in [2.05, 4.69) is 5.32 Å². The summed E-state index contributed by atoms with van der Waals surface area (Å²) < 4.78 is 0. The van der Waals surface area contributed by atoms with Crippen molar-refractivity contribution in [2.45, 2.75) is 51.4 Å². The van der Waals surface area contributed by atoms with E-state index in [1.807, 2.05) is 24.3 Å². The van der Waals surface area contributed by atoms with Crippen LogP contribution in [0.5, 0.6) is 0 Å². The molecule has 0 atom stereocenters. The number of benzene rings is 1. The molecule has 1 aromatic carbocycles. The summed E-state index contributed by atoms with van der Waals surface area (Å²) in [6, 6.07) is 7.76. The van der Waals surface area contributed by atoms with Gasteiger partial charge in [0.05, 0.1) is 0 Å². The van der Waals surface area contributed by atoms with Gasteiger partial charge in [0, 0.05) is 18.7 Å². The van der Waals surface area contributed by atoms with Crippen molar-refractivity contribution < 1.29 is 4.79 Å². The first kappa shape index (κ1) is 14.9. The maximum atomic E-state index is 11.8. The lowest BCUT2D eigenvalue weighted by atomic mass is 10.0. The molecule has 0 heterocycles. The molecule has 0 bridgehead atoms. The molecule has 3 heteroatoms. The summed E-state index contributed by atoms with van der Waals surface area (Å²) in [5.74, 6) is 1.07. The number of hydrogen-bond donors (Lipinski definition) is 2. The van der Waals surface area contributed by atoms with Crippen molar-refractivity contribution in [3.63, 3.8) is 0 Å². The Bertz CT molecular complexity index is 425. The van der Waals surface area contributed by atoms with E-state index < -0.39 is 0 Å². The van der Waals surface area contributed by atoms with Gasteiger partial charge in [-0.2, -0.15) is 0 Å². The molecule has 1 aromatic rings. The van der Waals surface area contributed by atoms with Gasteiger partial charge < -0.3 is 11.1 Å². The lowest BCUT2D eigenvalue weighted by molar-refractivity contribution is -0.121. The van der Waals surface area contributed by atoms with Crippen molar-refractivity contribution in [2.24, 2.45) is 5.92 Å². The fourth-order valence-electron chi connectivity index (χ4n) is 3.01. The van der Waals surface area contributed by atoms with Crippen LogP contribution >= 0.6 is 0 Å². The first-order valence-corrected chi connectivity index (χ1v) is 7.85. The van der Waals surface area contributed by atoms with E-state index in [0.717, 1.165) is 36.6 Å². The van der Waals surface area contributed by atoms with Crippen molar-refractivity contribution in [3.8, 4) is 0 Å². The van der Waals surface area contributed by atoms with Crippen LogP contribution in [0.15, 0.2) is 24.3 Å². The maximum Gasteiger partial charge on any atom is 0.220 e. The summed E-state index contributed by atoms with van der Waals surface area (Å²) in [6.07, 6.45) is 9.29. The minimum Gasteiger partial charge on any atom is -0.399 e. The van der Waals surface area contributed by atoms with Gasteiger partial charge in [-0.1, -0.05) is 37.8 Å². The molecule has 3 nitrogen and oxygen atoms in total. The van der Waals surface area contributed by atoms with E-state index in [0.29, 0.717) is 6.42 Å². The second kappa shape index (κ2) is 7.93. The third-order valence-corrected chi connectivity index (χ3v) is 4.18. The predicted molar refractivity (Wildman–Crippen MR) is 83.4 cm³/mol. The summed E-state index contributed by atoms with van der Waals surface area (Å²) in [5.41, 5.74) is 7.62. The van der Waals surface area contributed by atoms with Gasteiger partial charge >= 0.3 is 0 Å². The molecule has 110 valence electrons. The SMILES string of the molecule is Nc1cccc(CCC(=O)NCCCC2CCCC2)c1. The molecule has 1 aliphatic carbocycles. The topological polar surface area (TPSA) is 55.1 Å². The quantitative estimate of drug-likeness (QED) is 0.592. The number of hydrogen-bond acceptors (Lipinski definition) is 2. The minimum atomic E-state index is 0.152. The molecule has 1 aliphatic rings. The fourth-order valence-corrected chi connectivity index (χ4v) is 3.01. The second-order valence-corrected chi connectivity index (χ2v) is 5.89. The van der Waals surface area contributed by atoms with Gasteiger partial charge in [0.15, 0.2) is 0 Å². The maximum absolute atomic E-state index is 11.8. The fraction of sp³-hybridized carbons (Fsp3) is 0.588. The van der Waals surface area contributed by atoms with Gasteiger partial charge in [-0.05, 0) is 42.9 Å². The smallest absolute Gasteiger partial charge is 0.220 e. The molecule has 0 unspecified atom stereocenters. The van der Waals surface area contributed by atoms with Gasteiger partial charge in [0.1, 0.15) is 0 Å². The van der Waals surface area contributed by atoms with Crippen molar-refractivity contribution in [3.05, 3.63) is 29.8 Å². The molecular formula is C17H26N2O. The van der Waals surface area contributed by atoms with Crippen LogP contribution in [0.1, 0.15) is 50.5 Å². The zero-order chi connectivity index (χ0) is 14.2. The third kappa shape index (κ3) is 5.24. The molecule has 0 aliphatic heterocycles. The average Bonchev–Trinajstić information content (AvgIpc) is 2.95. The van der Waals surface area contributed by atoms with Crippen LogP contribution in [-0.2, 0) is 11.2 Å². The van der Waals surface area contributed by atoms with Crippen molar-refractivity contribution in [1.82, 2.24) is 5.32 Å². The monoisotopic (exact) mass is 274 g/mol. The number of rotatable bonds is 7. The van der Waals surface area contributed by atoms with Crippen molar-refractivity contribution in [1.29, 1.82) is 0 Å². The number of carbonyl (C=O) groups is 1. The molecule has 20 heavy (non-hydrogen) atoms. The highest BCUT2D eigenvalue weighted by molar-refractivity contribution is 5.76. The van der Waals surface area contributed by atoms with Crippen LogP contribution in [0.3, 0.4) is 0 Å². The number of nitrogen functional groups attached to an aromatic ring is 1. The molecule has 0 spiro atoms. The Balaban J connectivity index is 1.56. The van der Waals surface area contributed by atoms with Crippen LogP contribution in [-0.4, -0.2) is 12.5 Å². The Morgan fingerprint density at radius 2 is 2.10 bits per heavy atom. The zero-order valence-electron chi connectivity index (χ0n) is 12.2. The second-order valence-electron chi connectivity index (χ2n) is 5.89. The van der Waals surface area contributed by atoms with Crippen molar-refractivity contribution in [2.75, 3.05) is 12.3 Å². The standard InChI is InChI=1S/C17H26N2O/c18-16-9-3-7-15(13-16)10-11-17(20)19-12-4-8-14-5-1-2-6-14/h3,7,9,13-14H,1-2,4-6,8,10-12,18H2,(H,19,20). The van der Waals surface area contributed by atoms with Crippen LogP contribution in [0, 0.1) is 5.92 Å². The highest BCUT2D eigenvalue weighted by Crippen LogP contribution is 2.28. The number of carbonyl (C=O) groups excluding carboxylic acids is 1. The van der Waals surface area contributed by atoms with Gasteiger partial charge in [-0.25, -0.2) is 0 Å². The number of nitrogens with one attached hydrogen (secondary N) is 1. The zero-order valence-corrected chi connectivity index (χ0v) is 12.2. The number of aryl methyl sites for hydroxylation is 1. The normalized spacial score (nSPS) is 15.4. The molecule has 1 saturated carbocycles. The molecule has 1 amide bonds. The largest absolute Gasteiger partial charge is 0.399 e. The molecule has 1 fully saturated rings. The lowest BCUT2D eigenvalue weighted by Gasteiger charge is -2.09. The lowest BCUT2D eigenvalue weighted by Crippen LogP contribution is -2.24. The predicted octanol–water partition coefficient (Wildman–Crippen LogP) is 3.29. The van der Waals surface area contributed by atoms with E-state index >= 15 is 0 Å². The van der Waals surface area contributed by atoms with Crippen LogP contribution in [0.4, 0.5) is 5.69 Å². The highest BCUT2D eigenvalue weighted by atomic mass is 16.1. The van der Waals surface area contributed by atoms with Gasteiger partial charge in [-0.3, -0.25) is 4.79 Å². The molecule has 0 saturated heterocycles. The van der Waals surface area contributed by atoms with Crippen molar-refractivity contribution >= 4 is 11.6 Å². The number of amides is 1. The van der Waals surface area contributed by atoms with Gasteiger partial charge in [-0.15, -0.1) is 0 Å². The summed E-state index contributed by atoms with van der Waals surface area (Å²) in [7, 11) is 0.